The Morgan fingerprint density at radius 2 is 2.00 bits per heavy atom. The van der Waals surface area contributed by atoms with Crippen LogP contribution in [0.15, 0.2) is 29.3 Å². The van der Waals surface area contributed by atoms with Crippen LogP contribution in [0.25, 0.3) is 0 Å². The van der Waals surface area contributed by atoms with Crippen LogP contribution in [-0.4, -0.2) is 64.4 Å². The minimum absolute atomic E-state index is 0.274. The molecular weight excluding hydrogens is 328 g/mol. The van der Waals surface area contributed by atoms with E-state index in [1.165, 1.54) is 18.4 Å². The first kappa shape index (κ1) is 20.5. The van der Waals surface area contributed by atoms with Crippen molar-refractivity contribution in [2.45, 2.75) is 32.2 Å². The van der Waals surface area contributed by atoms with E-state index in [4.69, 9.17) is 9.47 Å². The predicted molar refractivity (Wildman–Crippen MR) is 107 cm³/mol. The topological polar surface area (TPSA) is 58.1 Å². The molecule has 0 aromatic heterocycles. The van der Waals surface area contributed by atoms with Crippen molar-refractivity contribution in [2.24, 2.45) is 4.99 Å². The number of aliphatic imine (C=N–C) groups is 1. The van der Waals surface area contributed by atoms with E-state index in [2.05, 4.69) is 32.7 Å². The van der Waals surface area contributed by atoms with Gasteiger partial charge in [-0.25, -0.2) is 0 Å². The Balaban J connectivity index is 1.96. The summed E-state index contributed by atoms with van der Waals surface area (Å²) < 4.78 is 11.0. The summed E-state index contributed by atoms with van der Waals surface area (Å²) in [7, 11) is 3.55. The average Bonchev–Trinajstić information content (AvgIpc) is 3.21. The SMILES string of the molecule is CCOCCCNC(=NC)NCC(c1ccccc1OC)N1CCCC1. The number of likely N-dealkylation sites (tertiary alicyclic amines) is 1. The van der Waals surface area contributed by atoms with Crippen LogP contribution < -0.4 is 15.4 Å². The van der Waals surface area contributed by atoms with E-state index in [1.54, 1.807) is 7.11 Å². The van der Waals surface area contributed by atoms with Crippen LogP contribution in [0.4, 0.5) is 0 Å². The lowest BCUT2D eigenvalue weighted by molar-refractivity contribution is 0.145. The Morgan fingerprint density at radius 1 is 1.23 bits per heavy atom. The first-order valence-corrected chi connectivity index (χ1v) is 9.69. The summed E-state index contributed by atoms with van der Waals surface area (Å²) in [6.45, 7) is 7.47. The van der Waals surface area contributed by atoms with Gasteiger partial charge in [-0.2, -0.15) is 0 Å². The quantitative estimate of drug-likeness (QED) is 0.380. The molecule has 1 unspecified atom stereocenters. The van der Waals surface area contributed by atoms with E-state index < -0.39 is 0 Å². The molecule has 6 heteroatoms. The van der Waals surface area contributed by atoms with Crippen LogP contribution in [0, 0.1) is 0 Å². The van der Waals surface area contributed by atoms with Gasteiger partial charge in [0.1, 0.15) is 5.75 Å². The Morgan fingerprint density at radius 3 is 2.69 bits per heavy atom. The van der Waals surface area contributed by atoms with Gasteiger partial charge in [0.25, 0.3) is 0 Å². The normalized spacial score (nSPS) is 16.5. The third-order valence-electron chi connectivity index (χ3n) is 4.73. The Hall–Kier alpha value is -1.79. The molecule has 1 aromatic carbocycles. The first-order valence-electron chi connectivity index (χ1n) is 9.69. The molecule has 0 bridgehead atoms. The van der Waals surface area contributed by atoms with Crippen LogP contribution >= 0.6 is 0 Å². The van der Waals surface area contributed by atoms with E-state index in [9.17, 15) is 0 Å². The van der Waals surface area contributed by atoms with Crippen molar-refractivity contribution in [3.05, 3.63) is 29.8 Å². The molecule has 1 heterocycles. The molecule has 0 radical (unpaired) electrons. The predicted octanol–water partition coefficient (Wildman–Crippen LogP) is 2.42. The largest absolute Gasteiger partial charge is 0.496 e. The number of benzene rings is 1. The summed E-state index contributed by atoms with van der Waals surface area (Å²) >= 11 is 0. The van der Waals surface area contributed by atoms with Gasteiger partial charge < -0.3 is 20.1 Å². The summed E-state index contributed by atoms with van der Waals surface area (Å²) in [5.41, 5.74) is 1.23. The molecule has 1 saturated heterocycles. The maximum Gasteiger partial charge on any atom is 0.191 e. The molecule has 0 amide bonds. The van der Waals surface area contributed by atoms with E-state index in [1.807, 2.05) is 26.1 Å². The number of ether oxygens (including phenoxy) is 2. The van der Waals surface area contributed by atoms with Gasteiger partial charge in [0.05, 0.1) is 13.2 Å². The second kappa shape index (κ2) is 11.8. The lowest BCUT2D eigenvalue weighted by atomic mass is 10.0. The smallest absolute Gasteiger partial charge is 0.191 e. The molecule has 2 rings (SSSR count). The molecule has 6 nitrogen and oxygen atoms in total. The summed E-state index contributed by atoms with van der Waals surface area (Å²) in [4.78, 5) is 6.88. The Labute approximate surface area is 158 Å². The van der Waals surface area contributed by atoms with Crippen molar-refractivity contribution in [2.75, 3.05) is 53.6 Å². The monoisotopic (exact) mass is 362 g/mol. The molecule has 0 aliphatic carbocycles. The zero-order valence-corrected chi connectivity index (χ0v) is 16.5. The molecular formula is C20H34N4O2. The number of nitrogens with zero attached hydrogens (tertiary/aromatic N) is 2. The van der Waals surface area contributed by atoms with E-state index in [0.717, 1.165) is 57.5 Å². The Kier molecular flexibility index (Phi) is 9.28. The third-order valence-corrected chi connectivity index (χ3v) is 4.73. The first-order chi connectivity index (χ1) is 12.8. The molecule has 26 heavy (non-hydrogen) atoms. The highest BCUT2D eigenvalue weighted by Crippen LogP contribution is 2.31. The van der Waals surface area contributed by atoms with Gasteiger partial charge in [0.15, 0.2) is 5.96 Å². The van der Waals surface area contributed by atoms with E-state index in [0.29, 0.717) is 0 Å². The highest BCUT2D eigenvalue weighted by atomic mass is 16.5. The molecule has 1 aliphatic heterocycles. The number of para-hydroxylation sites is 1. The van der Waals surface area contributed by atoms with E-state index >= 15 is 0 Å². The minimum atomic E-state index is 0.274. The second-order valence-corrected chi connectivity index (χ2v) is 6.43. The fourth-order valence-corrected chi connectivity index (χ4v) is 3.37. The van der Waals surface area contributed by atoms with Crippen LogP contribution in [0.2, 0.25) is 0 Å². The average molecular weight is 363 g/mol. The van der Waals surface area contributed by atoms with Crippen molar-refractivity contribution in [3.63, 3.8) is 0 Å². The van der Waals surface area contributed by atoms with Crippen molar-refractivity contribution < 1.29 is 9.47 Å². The fourth-order valence-electron chi connectivity index (χ4n) is 3.37. The van der Waals surface area contributed by atoms with Gasteiger partial charge in [-0.15, -0.1) is 0 Å². The number of methoxy groups -OCH3 is 1. The second-order valence-electron chi connectivity index (χ2n) is 6.43. The minimum Gasteiger partial charge on any atom is -0.496 e. The standard InChI is InChI=1S/C20H34N4O2/c1-4-26-15-9-12-22-20(21-2)23-16-18(24-13-7-8-14-24)17-10-5-6-11-19(17)25-3/h5-6,10-11,18H,4,7-9,12-16H2,1-3H3,(H2,21,22,23). The van der Waals surface area contributed by atoms with Crippen molar-refractivity contribution in [3.8, 4) is 5.75 Å². The van der Waals surface area contributed by atoms with Gasteiger partial charge in [-0.05, 0) is 45.3 Å². The third kappa shape index (κ3) is 6.18. The highest BCUT2D eigenvalue weighted by Gasteiger charge is 2.25. The maximum atomic E-state index is 5.61. The molecule has 0 spiro atoms. The van der Waals surface area contributed by atoms with Crippen LogP contribution in [0.5, 0.6) is 5.75 Å². The summed E-state index contributed by atoms with van der Waals surface area (Å²) in [5, 5.41) is 6.85. The summed E-state index contributed by atoms with van der Waals surface area (Å²) in [6, 6.07) is 8.59. The fraction of sp³-hybridized carbons (Fsp3) is 0.650. The zero-order chi connectivity index (χ0) is 18.6. The molecule has 1 aromatic rings. The molecule has 1 atom stereocenters. The summed E-state index contributed by atoms with van der Waals surface area (Å²) in [5.74, 6) is 1.78. The molecule has 0 saturated carbocycles. The van der Waals surface area contributed by atoms with E-state index in [-0.39, 0.29) is 6.04 Å². The van der Waals surface area contributed by atoms with Gasteiger partial charge in [-0.1, -0.05) is 18.2 Å². The number of hydrogen-bond acceptors (Lipinski definition) is 4. The van der Waals surface area contributed by atoms with Gasteiger partial charge in [-0.3, -0.25) is 9.89 Å². The molecule has 146 valence electrons. The zero-order valence-electron chi connectivity index (χ0n) is 16.5. The molecule has 1 fully saturated rings. The number of guanidine groups is 1. The van der Waals surface area contributed by atoms with Gasteiger partial charge in [0, 0.05) is 38.9 Å². The summed E-state index contributed by atoms with van der Waals surface area (Å²) in [6.07, 6.45) is 3.49. The lowest BCUT2D eigenvalue weighted by Crippen LogP contribution is -2.43. The van der Waals surface area contributed by atoms with Crippen LogP contribution in [-0.2, 0) is 4.74 Å². The number of hydrogen-bond donors (Lipinski definition) is 2. The van der Waals surface area contributed by atoms with Gasteiger partial charge in [0.2, 0.25) is 0 Å². The molecule has 1 aliphatic rings. The highest BCUT2D eigenvalue weighted by molar-refractivity contribution is 5.79. The van der Waals surface area contributed by atoms with Crippen molar-refractivity contribution in [1.82, 2.24) is 15.5 Å². The molecule has 2 N–H and O–H groups in total. The lowest BCUT2D eigenvalue weighted by Gasteiger charge is -2.30. The number of rotatable bonds is 10. The van der Waals surface area contributed by atoms with Crippen LogP contribution in [0.1, 0.15) is 37.8 Å². The van der Waals surface area contributed by atoms with Crippen molar-refractivity contribution in [1.29, 1.82) is 0 Å². The van der Waals surface area contributed by atoms with Crippen molar-refractivity contribution >= 4 is 5.96 Å². The Bertz CT molecular complexity index is 544. The maximum absolute atomic E-state index is 5.61. The number of nitrogens with one attached hydrogen (secondary N) is 2. The van der Waals surface area contributed by atoms with Gasteiger partial charge >= 0.3 is 0 Å². The van der Waals surface area contributed by atoms with Crippen LogP contribution in [0.3, 0.4) is 0 Å².